The third-order valence-corrected chi connectivity index (χ3v) is 9.29. The van der Waals surface area contributed by atoms with Crippen molar-refractivity contribution in [3.8, 4) is 0 Å². The summed E-state index contributed by atoms with van der Waals surface area (Å²) >= 11 is 9.12. The predicted octanol–water partition coefficient (Wildman–Crippen LogP) is 2.41. The summed E-state index contributed by atoms with van der Waals surface area (Å²) in [6.07, 6.45) is 4.21. The summed E-state index contributed by atoms with van der Waals surface area (Å²) in [4.78, 5) is 47.2. The van der Waals surface area contributed by atoms with Gasteiger partial charge in [0.15, 0.2) is 0 Å². The van der Waals surface area contributed by atoms with Crippen LogP contribution in [0.15, 0.2) is 23.8 Å². The molecule has 12 nitrogen and oxygen atoms in total. The Hall–Kier alpha value is -2.03. The molecule has 0 saturated carbocycles. The topological polar surface area (TPSA) is 173 Å². The molecule has 0 spiro atoms. The highest BCUT2D eigenvalue weighted by molar-refractivity contribution is 9.09. The first-order valence-electron chi connectivity index (χ1n) is 15.9. The summed E-state index contributed by atoms with van der Waals surface area (Å²) in [6, 6.07) is -0.154. The van der Waals surface area contributed by atoms with Crippen LogP contribution in [0.5, 0.6) is 0 Å². The number of aliphatic hydroxyl groups is 2. The molecule has 46 heavy (non-hydrogen) atoms. The first-order valence-corrected chi connectivity index (χ1v) is 17.5. The summed E-state index contributed by atoms with van der Waals surface area (Å²) in [5.41, 5.74) is -0.512. The first kappa shape index (κ1) is 40.1. The van der Waals surface area contributed by atoms with Gasteiger partial charge in [0.2, 0.25) is 17.7 Å². The average molecular weight is 737 g/mol. The number of carbonyl (C=O) groups excluding carboxylic acids is 4. The number of nitrogens with one attached hydrogen (secondary N) is 3. The van der Waals surface area contributed by atoms with E-state index in [4.69, 9.17) is 25.8 Å². The number of alkyl halides is 2. The molecule has 9 unspecified atom stereocenters. The highest BCUT2D eigenvalue weighted by Gasteiger charge is 2.47. The molecule has 2 heterocycles. The van der Waals surface area contributed by atoms with Gasteiger partial charge in [0.1, 0.15) is 17.8 Å². The Labute approximate surface area is 285 Å². The van der Waals surface area contributed by atoms with E-state index in [1.54, 1.807) is 6.92 Å². The smallest absolute Gasteiger partial charge is 0.303 e. The lowest BCUT2D eigenvalue weighted by molar-refractivity contribution is -0.210. The maximum Gasteiger partial charge on any atom is 0.303 e. The maximum atomic E-state index is 12.5. The summed E-state index contributed by atoms with van der Waals surface area (Å²) < 4.78 is 17.4. The van der Waals surface area contributed by atoms with Crippen LogP contribution in [0.25, 0.3) is 0 Å². The second-order valence-corrected chi connectivity index (χ2v) is 13.3. The van der Waals surface area contributed by atoms with E-state index in [9.17, 15) is 29.4 Å². The second kappa shape index (κ2) is 19.7. The zero-order valence-electron chi connectivity index (χ0n) is 27.4. The molecular formula is C32H51BrClN3O9. The fourth-order valence-electron chi connectivity index (χ4n) is 5.70. The minimum absolute atomic E-state index is 0.0101. The van der Waals surface area contributed by atoms with Gasteiger partial charge in [-0.05, 0) is 58.4 Å². The van der Waals surface area contributed by atoms with Crippen molar-refractivity contribution < 1.29 is 43.6 Å². The monoisotopic (exact) mass is 735 g/mol. The number of amides is 3. The van der Waals surface area contributed by atoms with Crippen LogP contribution >= 0.6 is 27.5 Å². The number of aliphatic hydroxyl groups excluding tert-OH is 1. The maximum absolute atomic E-state index is 12.5. The molecule has 0 aromatic carbocycles. The Morgan fingerprint density at radius 3 is 2.41 bits per heavy atom. The van der Waals surface area contributed by atoms with Gasteiger partial charge in [0, 0.05) is 32.5 Å². The van der Waals surface area contributed by atoms with Crippen molar-refractivity contribution in [2.24, 2.45) is 5.92 Å². The molecule has 2 aliphatic heterocycles. The van der Waals surface area contributed by atoms with Crippen LogP contribution in [0.4, 0.5) is 0 Å². The van der Waals surface area contributed by atoms with E-state index in [0.29, 0.717) is 19.3 Å². The number of halogens is 2. The summed E-state index contributed by atoms with van der Waals surface area (Å²) in [7, 11) is 0. The van der Waals surface area contributed by atoms with E-state index in [1.807, 2.05) is 13.8 Å². The van der Waals surface area contributed by atoms with Gasteiger partial charge in [-0.1, -0.05) is 34.5 Å². The van der Waals surface area contributed by atoms with E-state index in [-0.39, 0.29) is 79.0 Å². The van der Waals surface area contributed by atoms with Crippen molar-refractivity contribution in [1.29, 1.82) is 0 Å². The normalized spacial score (nSPS) is 30.8. The molecule has 2 aliphatic rings. The van der Waals surface area contributed by atoms with Crippen molar-refractivity contribution in [1.82, 2.24) is 16.0 Å². The van der Waals surface area contributed by atoms with Crippen LogP contribution in [0.3, 0.4) is 0 Å². The first-order chi connectivity index (χ1) is 21.7. The van der Waals surface area contributed by atoms with Crippen LogP contribution < -0.4 is 16.0 Å². The third kappa shape index (κ3) is 13.6. The number of ether oxygens (including phenoxy) is 3. The predicted molar refractivity (Wildman–Crippen MR) is 177 cm³/mol. The SMILES string of the molecule is CC(=O)OC(C)C=CC(=O)NC1CC(C)C(CC=C(C)CCC2OC(CC(=O)NCCNC(=O)CBr)CC(O)(CCl)C2O)OC1C. The lowest BCUT2D eigenvalue weighted by Gasteiger charge is -2.44. The van der Waals surface area contributed by atoms with E-state index in [0.717, 1.165) is 12.0 Å². The van der Waals surface area contributed by atoms with Crippen LogP contribution in [0.2, 0.25) is 0 Å². The number of allylic oxidation sites excluding steroid dienone is 1. The molecule has 0 radical (unpaired) electrons. The Kier molecular flexibility index (Phi) is 17.2. The lowest BCUT2D eigenvalue weighted by atomic mass is 9.82. The highest BCUT2D eigenvalue weighted by atomic mass is 79.9. The van der Waals surface area contributed by atoms with Crippen molar-refractivity contribution in [2.45, 2.75) is 121 Å². The van der Waals surface area contributed by atoms with E-state index >= 15 is 0 Å². The minimum Gasteiger partial charge on any atom is -0.459 e. The number of carbonyl (C=O) groups is 4. The zero-order valence-corrected chi connectivity index (χ0v) is 29.8. The Balaban J connectivity index is 1.86. The molecule has 0 aromatic heterocycles. The van der Waals surface area contributed by atoms with Gasteiger partial charge in [0.05, 0.1) is 48.1 Å². The minimum atomic E-state index is -1.58. The lowest BCUT2D eigenvalue weighted by Crippen LogP contribution is -2.59. The zero-order chi connectivity index (χ0) is 34.4. The van der Waals surface area contributed by atoms with Gasteiger partial charge in [-0.25, -0.2) is 0 Å². The molecule has 14 heteroatoms. The van der Waals surface area contributed by atoms with E-state index in [2.05, 4.69) is 44.9 Å². The molecule has 9 atom stereocenters. The van der Waals surface area contributed by atoms with Gasteiger partial charge >= 0.3 is 5.97 Å². The molecule has 0 aromatic rings. The third-order valence-electron chi connectivity index (χ3n) is 8.32. The standard InChI is InChI=1S/C32H51BrClN3O9/c1-19(6-9-26-20(2)14-25(22(4)45-26)37-28(39)11-8-21(3)44-23(5)38)7-10-27-31(42)32(43,18-34)16-24(46-27)15-29(40)35-12-13-36-30(41)17-33/h6,8,11,20-22,24-27,31,42-43H,7,9-10,12-18H2,1-5H3,(H,35,40)(H,36,41)(H,37,39). The summed E-state index contributed by atoms with van der Waals surface area (Å²) in [5.74, 6) is -1.16. The molecule has 2 fully saturated rings. The van der Waals surface area contributed by atoms with E-state index < -0.39 is 36.0 Å². The van der Waals surface area contributed by atoms with Crippen LogP contribution in [-0.2, 0) is 33.4 Å². The molecule has 5 N–H and O–H groups in total. The summed E-state index contributed by atoms with van der Waals surface area (Å²) in [6.45, 7) is 9.56. The molecule has 262 valence electrons. The van der Waals surface area contributed by atoms with Crippen LogP contribution in [-0.4, -0.2) is 106 Å². The fraction of sp³-hybridized carbons (Fsp3) is 0.750. The second-order valence-electron chi connectivity index (χ2n) is 12.4. The van der Waals surface area contributed by atoms with Crippen molar-refractivity contribution in [3.05, 3.63) is 23.8 Å². The van der Waals surface area contributed by atoms with Crippen molar-refractivity contribution in [3.63, 3.8) is 0 Å². The molecule has 2 rings (SSSR count). The van der Waals surface area contributed by atoms with Gasteiger partial charge in [-0.2, -0.15) is 0 Å². The number of rotatable bonds is 16. The van der Waals surface area contributed by atoms with Gasteiger partial charge in [-0.15, -0.1) is 11.6 Å². The fourth-order valence-corrected chi connectivity index (χ4v) is 6.16. The van der Waals surface area contributed by atoms with Gasteiger partial charge in [-0.3, -0.25) is 19.2 Å². The Bertz CT molecular complexity index is 1090. The molecule has 0 bridgehead atoms. The molecule has 2 saturated heterocycles. The number of hydrogen-bond acceptors (Lipinski definition) is 9. The number of hydrogen-bond donors (Lipinski definition) is 5. The van der Waals surface area contributed by atoms with Crippen LogP contribution in [0.1, 0.15) is 73.1 Å². The number of esters is 1. The average Bonchev–Trinajstić information content (AvgIpc) is 2.99. The van der Waals surface area contributed by atoms with Crippen LogP contribution in [0, 0.1) is 5.92 Å². The largest absolute Gasteiger partial charge is 0.459 e. The Morgan fingerprint density at radius 1 is 1.11 bits per heavy atom. The van der Waals surface area contributed by atoms with Gasteiger partial charge < -0.3 is 40.4 Å². The van der Waals surface area contributed by atoms with Gasteiger partial charge in [0.25, 0.3) is 0 Å². The quantitative estimate of drug-likeness (QED) is 0.0525. The molecule has 0 aliphatic carbocycles. The van der Waals surface area contributed by atoms with Crippen molar-refractivity contribution >= 4 is 51.2 Å². The van der Waals surface area contributed by atoms with Crippen molar-refractivity contribution in [2.75, 3.05) is 24.3 Å². The summed E-state index contributed by atoms with van der Waals surface area (Å²) in [5, 5.41) is 30.5. The Morgan fingerprint density at radius 2 is 1.78 bits per heavy atom. The molecular weight excluding hydrogens is 686 g/mol. The van der Waals surface area contributed by atoms with E-state index in [1.165, 1.54) is 19.1 Å². The molecule has 3 amide bonds. The highest BCUT2D eigenvalue weighted by Crippen LogP contribution is 2.34.